The molecule has 0 spiro atoms. The molecule has 0 aliphatic carbocycles. The zero-order chi connectivity index (χ0) is 10.1. The number of benzene rings is 1. The van der Waals surface area contributed by atoms with Crippen LogP contribution in [0.5, 0.6) is 0 Å². The summed E-state index contributed by atoms with van der Waals surface area (Å²) < 4.78 is 48.7. The molecule has 0 bridgehead atoms. The van der Waals surface area contributed by atoms with Crippen LogP contribution in [0.25, 0.3) is 0 Å². The van der Waals surface area contributed by atoms with Crippen molar-refractivity contribution in [3.8, 4) is 6.07 Å². The third-order valence-electron chi connectivity index (χ3n) is 1.48. The lowest BCUT2D eigenvalue weighted by molar-refractivity contribution is 0.494. The van der Waals surface area contributed by atoms with Crippen LogP contribution in [0.3, 0.4) is 0 Å². The second kappa shape index (κ2) is 3.09. The van der Waals surface area contributed by atoms with Gasteiger partial charge in [0.25, 0.3) is 0 Å². The lowest BCUT2D eigenvalue weighted by Crippen LogP contribution is -2.36. The van der Waals surface area contributed by atoms with Gasteiger partial charge in [0.15, 0.2) is 0 Å². The molecular formula is C7H3BF4N-. The van der Waals surface area contributed by atoms with Crippen LogP contribution in [0, 0.1) is 17.1 Å². The number of rotatable bonds is 1. The maximum absolute atomic E-state index is 12.7. The van der Waals surface area contributed by atoms with E-state index in [1.54, 1.807) is 6.07 Å². The predicted octanol–water partition coefficient (Wildman–Crippen LogP) is 1.75. The van der Waals surface area contributed by atoms with Crippen LogP contribution in [0.4, 0.5) is 17.3 Å². The Hall–Kier alpha value is -1.51. The summed E-state index contributed by atoms with van der Waals surface area (Å²) in [4.78, 5) is 0. The minimum absolute atomic E-state index is 0.124. The molecule has 1 nitrogen and oxygen atoms in total. The highest BCUT2D eigenvalue weighted by molar-refractivity contribution is 6.73. The molecule has 0 fully saturated rings. The number of nitriles is 1. The van der Waals surface area contributed by atoms with Crippen LogP contribution in [-0.4, -0.2) is 6.98 Å². The summed E-state index contributed by atoms with van der Waals surface area (Å²) in [6.45, 7) is -5.33. The molecule has 0 aliphatic heterocycles. The highest BCUT2D eigenvalue weighted by atomic mass is 19.4. The Balaban J connectivity index is 3.23. The second-order valence-corrected chi connectivity index (χ2v) is 2.42. The zero-order valence-electron chi connectivity index (χ0n) is 6.27. The van der Waals surface area contributed by atoms with Gasteiger partial charge in [-0.1, -0.05) is 11.5 Å². The molecule has 68 valence electrons. The molecule has 0 amide bonds. The summed E-state index contributed by atoms with van der Waals surface area (Å²) >= 11 is 0. The molecule has 1 aromatic rings. The van der Waals surface area contributed by atoms with Crippen LogP contribution < -0.4 is 5.46 Å². The van der Waals surface area contributed by atoms with Gasteiger partial charge >= 0.3 is 6.98 Å². The number of hydrogen-bond donors (Lipinski definition) is 0. The third kappa shape index (κ3) is 1.99. The van der Waals surface area contributed by atoms with E-state index in [1.807, 2.05) is 0 Å². The first kappa shape index (κ1) is 9.58. The SMILES string of the molecule is N#Cc1ccc([B-](F)(F)F)c(F)c1. The molecule has 0 saturated heterocycles. The van der Waals surface area contributed by atoms with Crippen molar-refractivity contribution in [2.75, 3.05) is 0 Å². The van der Waals surface area contributed by atoms with Gasteiger partial charge in [0, 0.05) is 0 Å². The van der Waals surface area contributed by atoms with Gasteiger partial charge < -0.3 is 12.9 Å². The molecule has 6 heteroatoms. The van der Waals surface area contributed by atoms with E-state index in [1.165, 1.54) is 0 Å². The van der Waals surface area contributed by atoms with Gasteiger partial charge in [0.2, 0.25) is 0 Å². The van der Waals surface area contributed by atoms with Crippen LogP contribution >= 0.6 is 0 Å². The van der Waals surface area contributed by atoms with E-state index in [2.05, 4.69) is 0 Å². The topological polar surface area (TPSA) is 23.8 Å². The van der Waals surface area contributed by atoms with Gasteiger partial charge in [0.1, 0.15) is 0 Å². The molecule has 0 heterocycles. The molecule has 13 heavy (non-hydrogen) atoms. The largest absolute Gasteiger partial charge is 0.512 e. The van der Waals surface area contributed by atoms with Crippen molar-refractivity contribution in [2.45, 2.75) is 0 Å². The summed E-state index contributed by atoms with van der Waals surface area (Å²) in [5.41, 5.74) is -1.42. The molecular weight excluding hydrogens is 185 g/mol. The summed E-state index contributed by atoms with van der Waals surface area (Å²) in [7, 11) is 0. The Labute approximate surface area is 71.7 Å². The predicted molar refractivity (Wildman–Crippen MR) is 39.8 cm³/mol. The fourth-order valence-corrected chi connectivity index (χ4v) is 0.862. The van der Waals surface area contributed by atoms with Gasteiger partial charge in [-0.15, -0.1) is 0 Å². The first-order valence-electron chi connectivity index (χ1n) is 3.34. The Kier molecular flexibility index (Phi) is 2.28. The van der Waals surface area contributed by atoms with E-state index in [-0.39, 0.29) is 5.56 Å². The standard InChI is InChI=1S/C7H3BF4N/c9-7-3-5(4-13)1-2-6(7)8(10,11)12/h1-3H/q-1. The van der Waals surface area contributed by atoms with Crippen LogP contribution in [0.2, 0.25) is 0 Å². The van der Waals surface area contributed by atoms with Crippen molar-refractivity contribution in [3.63, 3.8) is 0 Å². The first-order valence-corrected chi connectivity index (χ1v) is 3.34. The van der Waals surface area contributed by atoms with Crippen molar-refractivity contribution < 1.29 is 17.3 Å². The van der Waals surface area contributed by atoms with E-state index in [0.29, 0.717) is 12.1 Å². The Morgan fingerprint density at radius 3 is 2.23 bits per heavy atom. The van der Waals surface area contributed by atoms with E-state index in [4.69, 9.17) is 5.26 Å². The molecule has 0 unspecified atom stereocenters. The summed E-state index contributed by atoms with van der Waals surface area (Å²) in [5, 5.41) is 8.26. The molecule has 1 rings (SSSR count). The highest BCUT2D eigenvalue weighted by Crippen LogP contribution is 2.12. The van der Waals surface area contributed by atoms with Crippen molar-refractivity contribution in [2.24, 2.45) is 0 Å². The first-order chi connectivity index (χ1) is 5.95. The normalized spacial score (nSPS) is 11.0. The van der Waals surface area contributed by atoms with E-state index >= 15 is 0 Å². The van der Waals surface area contributed by atoms with E-state index < -0.39 is 18.3 Å². The summed E-state index contributed by atoms with van der Waals surface area (Å²) in [6.07, 6.45) is 0. The van der Waals surface area contributed by atoms with E-state index in [0.717, 1.165) is 6.07 Å². The average Bonchev–Trinajstić information content (AvgIpc) is 2.01. The fourth-order valence-electron chi connectivity index (χ4n) is 0.862. The molecule has 0 aromatic heterocycles. The minimum atomic E-state index is -5.33. The molecule has 0 N–H and O–H groups in total. The number of nitrogens with zero attached hydrogens (tertiary/aromatic N) is 1. The molecule has 1 aromatic carbocycles. The third-order valence-corrected chi connectivity index (χ3v) is 1.48. The number of halogens is 4. The summed E-state index contributed by atoms with van der Waals surface area (Å²) in [6, 6.07) is 3.64. The fraction of sp³-hybridized carbons (Fsp3) is 0. The molecule has 0 aliphatic rings. The van der Waals surface area contributed by atoms with E-state index in [9.17, 15) is 17.3 Å². The van der Waals surface area contributed by atoms with Crippen molar-refractivity contribution in [3.05, 3.63) is 29.6 Å². The van der Waals surface area contributed by atoms with Crippen molar-refractivity contribution >= 4 is 12.4 Å². The Morgan fingerprint density at radius 1 is 1.23 bits per heavy atom. The smallest absolute Gasteiger partial charge is 0.445 e. The highest BCUT2D eigenvalue weighted by Gasteiger charge is 2.28. The number of hydrogen-bond acceptors (Lipinski definition) is 1. The Morgan fingerprint density at radius 2 is 1.85 bits per heavy atom. The van der Waals surface area contributed by atoms with Crippen LogP contribution in [0.15, 0.2) is 18.2 Å². The molecule has 0 radical (unpaired) electrons. The van der Waals surface area contributed by atoms with Crippen LogP contribution in [0.1, 0.15) is 5.56 Å². The maximum atomic E-state index is 12.7. The van der Waals surface area contributed by atoms with Crippen molar-refractivity contribution in [1.29, 1.82) is 5.26 Å². The van der Waals surface area contributed by atoms with Crippen molar-refractivity contribution in [1.82, 2.24) is 0 Å². The molecule has 0 saturated carbocycles. The molecule has 0 atom stereocenters. The average molecular weight is 188 g/mol. The maximum Gasteiger partial charge on any atom is 0.512 e. The monoisotopic (exact) mass is 188 g/mol. The minimum Gasteiger partial charge on any atom is -0.445 e. The van der Waals surface area contributed by atoms with Crippen LogP contribution in [-0.2, 0) is 0 Å². The Bertz CT molecular complexity index is 366. The van der Waals surface area contributed by atoms with Gasteiger partial charge in [-0.05, 0) is 12.1 Å². The van der Waals surface area contributed by atoms with Gasteiger partial charge in [-0.25, -0.2) is 4.39 Å². The quantitative estimate of drug-likeness (QED) is 0.486. The zero-order valence-corrected chi connectivity index (χ0v) is 6.27. The lowest BCUT2D eigenvalue weighted by Gasteiger charge is -2.15. The lowest BCUT2D eigenvalue weighted by atomic mass is 9.79. The van der Waals surface area contributed by atoms with Gasteiger partial charge in [0.05, 0.1) is 17.4 Å². The second-order valence-electron chi connectivity index (χ2n) is 2.42. The summed E-state index contributed by atoms with van der Waals surface area (Å²) in [5.74, 6) is -1.40. The van der Waals surface area contributed by atoms with Gasteiger partial charge in [-0.2, -0.15) is 5.26 Å². The van der Waals surface area contributed by atoms with Gasteiger partial charge in [-0.3, -0.25) is 0 Å².